The monoisotopic (exact) mass is 683 g/mol. The first-order valence-corrected chi connectivity index (χ1v) is 17.1. The molecule has 11 heteroatoms. The third kappa shape index (κ3) is 8.66. The number of amides is 2. The molecule has 0 radical (unpaired) electrons. The molecule has 4 rings (SSSR count). The third-order valence-corrected chi connectivity index (χ3v) is 9.98. The molecule has 0 aliphatic rings. The first kappa shape index (κ1) is 34.9. The lowest BCUT2D eigenvalue weighted by Crippen LogP contribution is -2.53. The van der Waals surface area contributed by atoms with E-state index in [0.29, 0.717) is 12.1 Å². The lowest BCUT2D eigenvalue weighted by atomic mass is 10.0. The van der Waals surface area contributed by atoms with Gasteiger partial charge in [-0.05, 0) is 55.3 Å². The van der Waals surface area contributed by atoms with Gasteiger partial charge in [0.2, 0.25) is 11.8 Å². The largest absolute Gasteiger partial charge is 0.354 e. The Morgan fingerprint density at radius 2 is 1.50 bits per heavy atom. The van der Waals surface area contributed by atoms with Crippen LogP contribution in [0.1, 0.15) is 36.5 Å². The van der Waals surface area contributed by atoms with Crippen molar-refractivity contribution in [2.75, 3.05) is 17.4 Å². The predicted molar refractivity (Wildman–Crippen MR) is 181 cm³/mol. The maximum Gasteiger partial charge on any atom is 0.264 e. The van der Waals surface area contributed by atoms with E-state index in [9.17, 15) is 18.0 Å². The third-order valence-electron chi connectivity index (χ3n) is 7.50. The second kappa shape index (κ2) is 16.1. The molecule has 0 spiro atoms. The van der Waals surface area contributed by atoms with E-state index >= 15 is 4.39 Å². The van der Waals surface area contributed by atoms with Crippen LogP contribution < -0.4 is 9.62 Å². The second-order valence-electron chi connectivity index (χ2n) is 10.8. The van der Waals surface area contributed by atoms with Crippen molar-refractivity contribution in [1.29, 1.82) is 0 Å². The summed E-state index contributed by atoms with van der Waals surface area (Å²) in [6.45, 7) is 3.19. The van der Waals surface area contributed by atoms with Gasteiger partial charge in [-0.2, -0.15) is 0 Å². The normalized spacial score (nSPS) is 11.9. The average Bonchev–Trinajstić information content (AvgIpc) is 3.04. The maximum atomic E-state index is 15.3. The summed E-state index contributed by atoms with van der Waals surface area (Å²) in [6.07, 6.45) is 1.69. The second-order valence-corrected chi connectivity index (χ2v) is 13.5. The van der Waals surface area contributed by atoms with Crippen LogP contribution in [0.2, 0.25) is 10.0 Å². The lowest BCUT2D eigenvalue weighted by molar-refractivity contribution is -0.140. The molecule has 0 bridgehead atoms. The molecule has 0 saturated heterocycles. The summed E-state index contributed by atoms with van der Waals surface area (Å²) >= 11 is 13.1. The van der Waals surface area contributed by atoms with E-state index in [2.05, 4.69) is 5.32 Å². The Bertz CT molecular complexity index is 1740. The maximum absolute atomic E-state index is 15.3. The van der Waals surface area contributed by atoms with Gasteiger partial charge >= 0.3 is 0 Å². The first-order chi connectivity index (χ1) is 22.0. The number of unbranched alkanes of at least 4 members (excludes halogenated alkanes) is 1. The van der Waals surface area contributed by atoms with Crippen molar-refractivity contribution in [3.8, 4) is 0 Å². The summed E-state index contributed by atoms with van der Waals surface area (Å²) in [5.74, 6) is -2.00. The Kier molecular flexibility index (Phi) is 12.2. The predicted octanol–water partition coefficient (Wildman–Crippen LogP) is 7.19. The fraction of sp³-hybridized carbons (Fsp3) is 0.257. The Morgan fingerprint density at radius 3 is 2.13 bits per heavy atom. The quantitative estimate of drug-likeness (QED) is 0.143. The summed E-state index contributed by atoms with van der Waals surface area (Å²) in [5, 5.41) is 3.46. The van der Waals surface area contributed by atoms with Crippen molar-refractivity contribution in [3.05, 3.63) is 130 Å². The lowest BCUT2D eigenvalue weighted by Gasteiger charge is -2.34. The minimum absolute atomic E-state index is 0.118. The molecule has 4 aromatic rings. The van der Waals surface area contributed by atoms with Crippen LogP contribution >= 0.6 is 23.2 Å². The number of nitrogens with one attached hydrogen (secondary N) is 1. The number of hydrogen-bond acceptors (Lipinski definition) is 4. The van der Waals surface area contributed by atoms with Crippen LogP contribution in [0.3, 0.4) is 0 Å². The smallest absolute Gasteiger partial charge is 0.264 e. The Labute approximate surface area is 280 Å². The molecule has 0 heterocycles. The van der Waals surface area contributed by atoms with Crippen molar-refractivity contribution >= 4 is 50.7 Å². The van der Waals surface area contributed by atoms with Crippen LogP contribution in [-0.2, 0) is 32.6 Å². The van der Waals surface area contributed by atoms with Crippen molar-refractivity contribution in [2.24, 2.45) is 0 Å². The van der Waals surface area contributed by atoms with Gasteiger partial charge in [0.1, 0.15) is 18.4 Å². The minimum atomic E-state index is -4.44. The highest BCUT2D eigenvalue weighted by atomic mass is 35.5. The molecule has 1 N–H and O–H groups in total. The number of carbonyl (C=O) groups excluding carboxylic acids is 2. The molecular formula is C35H36Cl2FN3O4S. The number of anilines is 1. The van der Waals surface area contributed by atoms with Crippen LogP contribution in [0.4, 0.5) is 10.1 Å². The molecule has 0 saturated carbocycles. The Hall–Kier alpha value is -3.92. The SMILES string of the molecule is CCCCNC(=O)[C@@H](Cc1ccccc1)N(Cc1c(Cl)cccc1Cl)C(=O)CN(c1ccccc1F)S(=O)(=O)c1ccc(C)cc1. The number of halogens is 3. The van der Waals surface area contributed by atoms with Gasteiger partial charge in [-0.15, -0.1) is 0 Å². The zero-order valence-electron chi connectivity index (χ0n) is 25.6. The van der Waals surface area contributed by atoms with E-state index in [1.165, 1.54) is 35.2 Å². The van der Waals surface area contributed by atoms with Crippen LogP contribution in [-0.4, -0.2) is 44.3 Å². The van der Waals surface area contributed by atoms with Gasteiger partial charge in [0.05, 0.1) is 10.6 Å². The molecule has 242 valence electrons. The summed E-state index contributed by atoms with van der Waals surface area (Å²) in [5.41, 5.74) is 1.68. The Balaban J connectivity index is 1.83. The highest BCUT2D eigenvalue weighted by Crippen LogP contribution is 2.30. The van der Waals surface area contributed by atoms with Crippen LogP contribution in [0.25, 0.3) is 0 Å². The van der Waals surface area contributed by atoms with Crippen molar-refractivity contribution in [3.63, 3.8) is 0 Å². The zero-order chi connectivity index (χ0) is 33.3. The molecular weight excluding hydrogens is 648 g/mol. The number of rotatable bonds is 14. The number of hydrogen-bond donors (Lipinski definition) is 1. The van der Waals surface area contributed by atoms with Crippen LogP contribution in [0.5, 0.6) is 0 Å². The van der Waals surface area contributed by atoms with Crippen LogP contribution in [0.15, 0.2) is 102 Å². The first-order valence-electron chi connectivity index (χ1n) is 14.9. The van der Waals surface area contributed by atoms with E-state index < -0.39 is 40.2 Å². The zero-order valence-corrected chi connectivity index (χ0v) is 28.0. The highest BCUT2D eigenvalue weighted by molar-refractivity contribution is 7.92. The fourth-order valence-electron chi connectivity index (χ4n) is 4.92. The molecule has 0 fully saturated rings. The van der Waals surface area contributed by atoms with Crippen molar-refractivity contribution in [1.82, 2.24) is 10.2 Å². The van der Waals surface area contributed by atoms with Gasteiger partial charge < -0.3 is 10.2 Å². The molecule has 1 atom stereocenters. The van der Waals surface area contributed by atoms with Gasteiger partial charge in [0, 0.05) is 35.1 Å². The molecule has 7 nitrogen and oxygen atoms in total. The summed E-state index contributed by atoms with van der Waals surface area (Å²) < 4.78 is 44.1. The van der Waals surface area contributed by atoms with Gasteiger partial charge in [0.25, 0.3) is 10.0 Å². The van der Waals surface area contributed by atoms with E-state index in [4.69, 9.17) is 23.2 Å². The number of sulfonamides is 1. The van der Waals surface area contributed by atoms with Gasteiger partial charge in [-0.25, -0.2) is 12.8 Å². The number of aryl methyl sites for hydroxylation is 1. The molecule has 0 aromatic heterocycles. The van der Waals surface area contributed by atoms with Gasteiger partial charge in [-0.1, -0.05) is 103 Å². The van der Waals surface area contributed by atoms with Gasteiger partial charge in [-0.3, -0.25) is 13.9 Å². The van der Waals surface area contributed by atoms with E-state index in [0.717, 1.165) is 34.3 Å². The molecule has 0 unspecified atom stereocenters. The number of carbonyl (C=O) groups is 2. The van der Waals surface area contributed by atoms with E-state index in [1.807, 2.05) is 44.2 Å². The van der Waals surface area contributed by atoms with Gasteiger partial charge in [0.15, 0.2) is 0 Å². The molecule has 0 aliphatic heterocycles. The Morgan fingerprint density at radius 1 is 0.870 bits per heavy atom. The summed E-state index contributed by atoms with van der Waals surface area (Å²) in [4.78, 5) is 29.5. The number of para-hydroxylation sites is 1. The summed E-state index contributed by atoms with van der Waals surface area (Å²) in [6, 6.07) is 24.4. The molecule has 4 aromatic carbocycles. The number of nitrogens with zero attached hydrogens (tertiary/aromatic N) is 2. The number of benzene rings is 4. The minimum Gasteiger partial charge on any atom is -0.354 e. The standard InChI is InChI=1S/C35H36Cl2FN3O4S/c1-3-4-21-39-35(43)33(22-26-11-6-5-7-12-26)40(23-28-29(36)13-10-14-30(28)37)34(42)24-41(32-16-9-8-15-31(32)38)46(44,45)27-19-17-25(2)18-20-27/h5-20,33H,3-4,21-24H2,1-2H3,(H,39,43)/t33-/m1/s1. The molecule has 0 aliphatic carbocycles. The summed E-state index contributed by atoms with van der Waals surface area (Å²) in [7, 11) is -4.44. The van der Waals surface area contributed by atoms with Crippen molar-refractivity contribution in [2.45, 2.75) is 50.6 Å². The van der Waals surface area contributed by atoms with E-state index in [1.54, 1.807) is 30.3 Å². The van der Waals surface area contributed by atoms with Crippen molar-refractivity contribution < 1.29 is 22.4 Å². The topological polar surface area (TPSA) is 86.8 Å². The average molecular weight is 685 g/mol. The molecule has 2 amide bonds. The van der Waals surface area contributed by atoms with Crippen LogP contribution in [0, 0.1) is 12.7 Å². The molecule has 46 heavy (non-hydrogen) atoms. The highest BCUT2D eigenvalue weighted by Gasteiger charge is 2.36. The van der Waals surface area contributed by atoms with E-state index in [-0.39, 0.29) is 33.6 Å². The fourth-order valence-corrected chi connectivity index (χ4v) is 6.86.